The van der Waals surface area contributed by atoms with E-state index in [1.807, 2.05) is 0 Å². The average Bonchev–Trinajstić information content (AvgIpc) is 3.42. The van der Waals surface area contributed by atoms with Crippen molar-refractivity contribution in [1.29, 1.82) is 0 Å². The summed E-state index contributed by atoms with van der Waals surface area (Å²) < 4.78 is 44.3. The maximum absolute atomic E-state index is 13.7. The van der Waals surface area contributed by atoms with Crippen molar-refractivity contribution < 1.29 is 27.1 Å². The molecule has 0 bridgehead atoms. The summed E-state index contributed by atoms with van der Waals surface area (Å²) in [7, 11) is 1.11. The van der Waals surface area contributed by atoms with Crippen LogP contribution < -0.4 is 14.4 Å². The molecule has 188 valence electrons. The first-order chi connectivity index (χ1) is 17.3. The average molecular weight is 528 g/mol. The van der Waals surface area contributed by atoms with E-state index in [4.69, 9.17) is 18.9 Å². The van der Waals surface area contributed by atoms with E-state index in [1.54, 1.807) is 51.8 Å². The van der Waals surface area contributed by atoms with Crippen molar-refractivity contribution in [2.75, 3.05) is 26.2 Å². The van der Waals surface area contributed by atoms with E-state index in [0.29, 0.717) is 33.5 Å². The normalized spacial score (nSPS) is 13.8. The van der Waals surface area contributed by atoms with Crippen LogP contribution >= 0.6 is 11.3 Å². The summed E-state index contributed by atoms with van der Waals surface area (Å²) in [6.07, 6.45) is 3.27. The van der Waals surface area contributed by atoms with Gasteiger partial charge in [0.25, 0.3) is 5.91 Å². The van der Waals surface area contributed by atoms with E-state index in [2.05, 4.69) is 0 Å². The minimum absolute atomic E-state index is 0.0492. The number of thiazole rings is 1. The van der Waals surface area contributed by atoms with Crippen LogP contribution in [0, 0.1) is 0 Å². The molecule has 2 aromatic carbocycles. The predicted molar refractivity (Wildman–Crippen MR) is 136 cm³/mol. The van der Waals surface area contributed by atoms with Crippen LogP contribution in [0.15, 0.2) is 64.1 Å². The first-order valence-electron chi connectivity index (χ1n) is 11.3. The molecule has 0 radical (unpaired) electrons. The first kappa shape index (κ1) is 24.3. The maximum atomic E-state index is 13.7. The molecule has 2 aromatic heterocycles. The van der Waals surface area contributed by atoms with Gasteiger partial charge in [0.1, 0.15) is 27.5 Å². The minimum Gasteiger partial charge on any atom is -0.495 e. The molecule has 0 spiro atoms. The number of methoxy groups -OCH3 is 2. The van der Waals surface area contributed by atoms with Gasteiger partial charge in [-0.25, -0.2) is 13.4 Å². The van der Waals surface area contributed by atoms with Crippen molar-refractivity contribution in [2.24, 2.45) is 0 Å². The summed E-state index contributed by atoms with van der Waals surface area (Å²) in [5, 5.41) is 0.430. The number of rotatable bonds is 9. The molecule has 2 heterocycles. The summed E-state index contributed by atoms with van der Waals surface area (Å²) in [5.74, 6) is 1.41. The first-order valence-corrected chi connectivity index (χ1v) is 13.5. The number of ether oxygens (including phenoxy) is 2. The Morgan fingerprint density at radius 2 is 1.78 bits per heavy atom. The zero-order valence-corrected chi connectivity index (χ0v) is 21.6. The molecule has 1 amide bonds. The quantitative estimate of drug-likeness (QED) is 0.315. The van der Waals surface area contributed by atoms with Crippen LogP contribution in [0.4, 0.5) is 5.13 Å². The van der Waals surface area contributed by atoms with Crippen LogP contribution in [0.2, 0.25) is 0 Å². The number of benzene rings is 2. The third kappa shape index (κ3) is 4.45. The lowest BCUT2D eigenvalue weighted by molar-refractivity contribution is 0.0983. The van der Waals surface area contributed by atoms with Gasteiger partial charge in [-0.1, -0.05) is 11.3 Å². The number of amides is 1. The van der Waals surface area contributed by atoms with Gasteiger partial charge in [0.2, 0.25) is 10.0 Å². The van der Waals surface area contributed by atoms with Crippen LogP contribution in [0.25, 0.3) is 10.2 Å². The number of furan rings is 1. The number of aromatic nitrogens is 1. The molecular weight excluding hydrogens is 502 g/mol. The Morgan fingerprint density at radius 3 is 2.39 bits per heavy atom. The smallest absolute Gasteiger partial charge is 0.260 e. The Labute approximate surface area is 212 Å². The fourth-order valence-corrected chi connectivity index (χ4v) is 6.39. The van der Waals surface area contributed by atoms with E-state index in [1.165, 1.54) is 44.8 Å². The summed E-state index contributed by atoms with van der Waals surface area (Å²) in [6.45, 7) is 0.140. The van der Waals surface area contributed by atoms with E-state index in [-0.39, 0.29) is 23.4 Å². The number of fused-ring (bicyclic) bond motifs is 1. The second kappa shape index (κ2) is 9.57. The topological polar surface area (TPSA) is 102 Å². The van der Waals surface area contributed by atoms with Crippen molar-refractivity contribution in [3.63, 3.8) is 0 Å². The molecule has 36 heavy (non-hydrogen) atoms. The number of nitrogens with zero attached hydrogens (tertiary/aromatic N) is 3. The molecule has 4 aromatic rings. The van der Waals surface area contributed by atoms with Gasteiger partial charge in [-0.05, 0) is 61.4 Å². The Kier molecular flexibility index (Phi) is 6.45. The molecule has 1 aliphatic carbocycles. The van der Waals surface area contributed by atoms with Crippen molar-refractivity contribution in [3.05, 3.63) is 66.1 Å². The zero-order valence-electron chi connectivity index (χ0n) is 20.0. The highest BCUT2D eigenvalue weighted by Gasteiger charge is 2.35. The highest BCUT2D eigenvalue weighted by atomic mass is 32.2. The summed E-state index contributed by atoms with van der Waals surface area (Å²) in [5.41, 5.74) is 0.909. The van der Waals surface area contributed by atoms with Crippen molar-refractivity contribution >= 4 is 42.6 Å². The fraction of sp³-hybridized carbons (Fsp3) is 0.280. The highest BCUT2D eigenvalue weighted by molar-refractivity contribution is 7.89. The summed E-state index contributed by atoms with van der Waals surface area (Å²) in [6, 6.07) is 13.1. The van der Waals surface area contributed by atoms with Gasteiger partial charge >= 0.3 is 0 Å². The van der Waals surface area contributed by atoms with E-state index in [0.717, 1.165) is 17.5 Å². The van der Waals surface area contributed by atoms with Gasteiger partial charge in [-0.3, -0.25) is 9.69 Å². The molecule has 0 saturated heterocycles. The van der Waals surface area contributed by atoms with Gasteiger partial charge in [0.05, 0.1) is 31.9 Å². The third-order valence-electron chi connectivity index (χ3n) is 6.11. The standard InChI is InChI=1S/C25H25N3O6S2/c1-27(17-8-9-17)36(30,31)19-10-6-16(7-11-19)24(29)28(15-18-5-4-14-34-18)25-26-22-20(32-2)12-13-21(33-3)23(22)35-25/h4-7,10-14,17H,8-9,15H2,1-3H3. The van der Waals surface area contributed by atoms with Crippen molar-refractivity contribution in [2.45, 2.75) is 30.3 Å². The fourth-order valence-electron chi connectivity index (χ4n) is 3.90. The second-order valence-electron chi connectivity index (χ2n) is 8.39. The molecule has 9 nitrogen and oxygen atoms in total. The SMILES string of the molecule is COc1ccc(OC)c2sc(N(Cc3ccco3)C(=O)c3ccc(S(=O)(=O)N(C)C4CC4)cc3)nc12. The minimum atomic E-state index is -3.61. The van der Waals surface area contributed by atoms with Gasteiger partial charge < -0.3 is 13.9 Å². The third-order valence-corrected chi connectivity index (χ3v) is 9.13. The number of sulfonamides is 1. The summed E-state index contributed by atoms with van der Waals surface area (Å²) in [4.78, 5) is 20.1. The van der Waals surface area contributed by atoms with Crippen LogP contribution in [-0.2, 0) is 16.6 Å². The van der Waals surface area contributed by atoms with Crippen LogP contribution in [-0.4, -0.2) is 50.9 Å². The Hall–Kier alpha value is -3.41. The molecule has 0 N–H and O–H groups in total. The number of hydrogen-bond donors (Lipinski definition) is 0. The van der Waals surface area contributed by atoms with Crippen molar-refractivity contribution in [1.82, 2.24) is 9.29 Å². The van der Waals surface area contributed by atoms with Crippen LogP contribution in [0.1, 0.15) is 29.0 Å². The maximum Gasteiger partial charge on any atom is 0.260 e. The molecule has 0 unspecified atom stereocenters. The number of hydrogen-bond acceptors (Lipinski definition) is 8. The Morgan fingerprint density at radius 1 is 1.08 bits per heavy atom. The number of carbonyl (C=O) groups is 1. The molecule has 1 fully saturated rings. The molecule has 11 heteroatoms. The number of carbonyl (C=O) groups excluding carboxylic acids is 1. The number of anilines is 1. The van der Waals surface area contributed by atoms with Crippen LogP contribution in [0.3, 0.4) is 0 Å². The second-order valence-corrected chi connectivity index (χ2v) is 11.4. The molecule has 5 rings (SSSR count). The van der Waals surface area contributed by atoms with Gasteiger partial charge in [-0.2, -0.15) is 4.31 Å². The lowest BCUT2D eigenvalue weighted by Crippen LogP contribution is -2.31. The van der Waals surface area contributed by atoms with Gasteiger partial charge in [0, 0.05) is 18.7 Å². The molecule has 0 atom stereocenters. The van der Waals surface area contributed by atoms with E-state index >= 15 is 0 Å². The zero-order chi connectivity index (χ0) is 25.4. The molecule has 1 saturated carbocycles. The highest BCUT2D eigenvalue weighted by Crippen LogP contribution is 2.41. The van der Waals surface area contributed by atoms with Crippen LogP contribution in [0.5, 0.6) is 11.5 Å². The molecule has 1 aliphatic rings. The molecular formula is C25H25N3O6S2. The Bertz CT molecular complexity index is 1450. The monoisotopic (exact) mass is 527 g/mol. The van der Waals surface area contributed by atoms with Gasteiger partial charge in [-0.15, -0.1) is 0 Å². The van der Waals surface area contributed by atoms with E-state index in [9.17, 15) is 13.2 Å². The summed E-state index contributed by atoms with van der Waals surface area (Å²) >= 11 is 1.30. The molecule has 0 aliphatic heterocycles. The largest absolute Gasteiger partial charge is 0.495 e. The Balaban J connectivity index is 1.52. The van der Waals surface area contributed by atoms with Crippen molar-refractivity contribution in [3.8, 4) is 11.5 Å². The van der Waals surface area contributed by atoms with E-state index < -0.39 is 10.0 Å². The lowest BCUT2D eigenvalue weighted by Gasteiger charge is -2.19. The lowest BCUT2D eigenvalue weighted by atomic mass is 10.2. The predicted octanol–water partition coefficient (Wildman–Crippen LogP) is 4.54. The van der Waals surface area contributed by atoms with Gasteiger partial charge in [0.15, 0.2) is 5.13 Å².